The van der Waals surface area contributed by atoms with Crippen LogP contribution in [-0.2, 0) is 0 Å². The zero-order valence-electron chi connectivity index (χ0n) is 5.85. The fourth-order valence-corrected chi connectivity index (χ4v) is 2.24. The molecule has 0 spiro atoms. The van der Waals surface area contributed by atoms with Crippen LogP contribution in [0, 0.1) is 17.3 Å². The Kier molecular flexibility index (Phi) is 0.678. The molecule has 2 fully saturated rings. The minimum Gasteiger partial charge on any atom is -0.103 e. The molecule has 0 nitrogen and oxygen atoms in total. The molecule has 0 aromatic heterocycles. The second kappa shape index (κ2) is 1.16. The third-order valence-corrected chi connectivity index (χ3v) is 3.27. The Morgan fingerprint density at radius 2 is 2.44 bits per heavy atom. The number of fused-ring (bicyclic) bond motifs is 1. The molecular formula is C9H12. The van der Waals surface area contributed by atoms with Crippen molar-refractivity contribution in [1.29, 1.82) is 0 Å². The van der Waals surface area contributed by atoms with Crippen LogP contribution in [-0.4, -0.2) is 0 Å². The molecule has 0 heterocycles. The Balaban J connectivity index is 2.25. The van der Waals surface area contributed by atoms with Gasteiger partial charge in [-0.3, -0.25) is 0 Å². The molecule has 0 radical (unpaired) electrons. The largest absolute Gasteiger partial charge is 0.103 e. The van der Waals surface area contributed by atoms with E-state index in [9.17, 15) is 0 Å². The lowest BCUT2D eigenvalue weighted by Gasteiger charge is -2.23. The van der Waals surface area contributed by atoms with Crippen LogP contribution in [0.1, 0.15) is 13.3 Å². The maximum Gasteiger partial charge on any atom is -0.00161 e. The van der Waals surface area contributed by atoms with Crippen LogP contribution < -0.4 is 0 Å². The quantitative estimate of drug-likeness (QED) is 0.466. The van der Waals surface area contributed by atoms with Gasteiger partial charge in [-0.15, -0.1) is 6.58 Å². The van der Waals surface area contributed by atoms with Crippen molar-refractivity contribution in [3.8, 4) is 0 Å². The first-order valence-electron chi connectivity index (χ1n) is 3.52. The van der Waals surface area contributed by atoms with Gasteiger partial charge in [0.1, 0.15) is 0 Å². The van der Waals surface area contributed by atoms with Gasteiger partial charge in [0.05, 0.1) is 0 Å². The predicted octanol–water partition coefficient (Wildman–Crippen LogP) is 2.38. The van der Waals surface area contributed by atoms with Gasteiger partial charge >= 0.3 is 0 Å². The first kappa shape index (κ1) is 5.28. The van der Waals surface area contributed by atoms with Crippen LogP contribution in [0.2, 0.25) is 0 Å². The van der Waals surface area contributed by atoms with Crippen molar-refractivity contribution in [3.05, 3.63) is 24.8 Å². The van der Waals surface area contributed by atoms with E-state index in [0.717, 1.165) is 11.8 Å². The summed E-state index contributed by atoms with van der Waals surface area (Å²) in [5.41, 5.74) is 1.94. The van der Waals surface area contributed by atoms with E-state index >= 15 is 0 Å². The summed E-state index contributed by atoms with van der Waals surface area (Å²) >= 11 is 0. The van der Waals surface area contributed by atoms with Gasteiger partial charge in [-0.1, -0.05) is 25.2 Å². The molecule has 0 aliphatic heterocycles. The molecule has 0 heteroatoms. The monoisotopic (exact) mass is 120 g/mol. The summed E-state index contributed by atoms with van der Waals surface area (Å²) in [6, 6.07) is 0. The molecule has 2 rings (SSSR count). The molecule has 0 aromatic rings. The summed E-state index contributed by atoms with van der Waals surface area (Å²) in [7, 11) is 0. The van der Waals surface area contributed by atoms with Crippen molar-refractivity contribution in [2.24, 2.45) is 17.3 Å². The highest BCUT2D eigenvalue weighted by Gasteiger charge is 2.67. The van der Waals surface area contributed by atoms with Crippen molar-refractivity contribution in [1.82, 2.24) is 0 Å². The Hall–Kier alpha value is -0.520. The highest BCUT2D eigenvalue weighted by Crippen LogP contribution is 2.74. The number of allylic oxidation sites excluding steroid dienone is 2. The zero-order chi connectivity index (χ0) is 6.65. The normalized spacial score (nSPS) is 53.7. The van der Waals surface area contributed by atoms with E-state index in [-0.39, 0.29) is 0 Å². The fourth-order valence-electron chi connectivity index (χ4n) is 2.24. The van der Waals surface area contributed by atoms with E-state index < -0.39 is 0 Å². The van der Waals surface area contributed by atoms with Crippen molar-refractivity contribution in [2.75, 3.05) is 0 Å². The molecule has 9 heavy (non-hydrogen) atoms. The number of rotatable bonds is 1. The molecule has 0 N–H and O–H groups in total. The third kappa shape index (κ3) is 0.346. The molecule has 0 saturated heterocycles. The van der Waals surface area contributed by atoms with Gasteiger partial charge in [-0.2, -0.15) is 0 Å². The maximum absolute atomic E-state index is 4.01. The fraction of sp³-hybridized carbons (Fsp3) is 0.556. The molecular weight excluding hydrogens is 108 g/mol. The van der Waals surface area contributed by atoms with Gasteiger partial charge in [0.15, 0.2) is 0 Å². The molecule has 48 valence electrons. The lowest BCUT2D eigenvalue weighted by atomic mass is 9.81. The highest BCUT2D eigenvalue weighted by atomic mass is 14.7. The average Bonchev–Trinajstić information content (AvgIpc) is 2.33. The van der Waals surface area contributed by atoms with Gasteiger partial charge in [0, 0.05) is 0 Å². The number of hydrogen-bond donors (Lipinski definition) is 0. The van der Waals surface area contributed by atoms with Crippen molar-refractivity contribution >= 4 is 0 Å². The minimum absolute atomic E-state index is 0.502. The van der Waals surface area contributed by atoms with Crippen LogP contribution in [0.15, 0.2) is 24.8 Å². The van der Waals surface area contributed by atoms with E-state index in [1.54, 1.807) is 0 Å². The summed E-state index contributed by atoms with van der Waals surface area (Å²) in [5.74, 6) is 1.69. The summed E-state index contributed by atoms with van der Waals surface area (Å²) in [5, 5.41) is 0. The topological polar surface area (TPSA) is 0 Å². The Labute approximate surface area is 56.3 Å². The van der Waals surface area contributed by atoms with E-state index in [2.05, 4.69) is 26.2 Å². The zero-order valence-corrected chi connectivity index (χ0v) is 5.85. The van der Waals surface area contributed by atoms with Gasteiger partial charge in [0.25, 0.3) is 0 Å². The van der Waals surface area contributed by atoms with E-state index in [0.29, 0.717) is 5.41 Å². The summed E-state index contributed by atoms with van der Waals surface area (Å²) < 4.78 is 0. The lowest BCUT2D eigenvalue weighted by Crippen LogP contribution is -2.12. The summed E-state index contributed by atoms with van der Waals surface area (Å²) in [4.78, 5) is 0. The summed E-state index contributed by atoms with van der Waals surface area (Å²) in [6.45, 7) is 10.1. The second-order valence-corrected chi connectivity index (χ2v) is 3.46. The molecule has 2 aliphatic carbocycles. The van der Waals surface area contributed by atoms with Gasteiger partial charge < -0.3 is 0 Å². The first-order chi connectivity index (χ1) is 4.21. The van der Waals surface area contributed by atoms with Crippen LogP contribution in [0.3, 0.4) is 0 Å². The minimum atomic E-state index is 0.502. The lowest BCUT2D eigenvalue weighted by molar-refractivity contribution is 0.461. The van der Waals surface area contributed by atoms with Crippen LogP contribution in [0.25, 0.3) is 0 Å². The van der Waals surface area contributed by atoms with Gasteiger partial charge in [-0.05, 0) is 23.7 Å². The Bertz CT molecular complexity index is 190. The third-order valence-electron chi connectivity index (χ3n) is 3.27. The van der Waals surface area contributed by atoms with Gasteiger partial charge in [-0.25, -0.2) is 0 Å². The molecule has 2 saturated carbocycles. The Morgan fingerprint density at radius 1 is 1.78 bits per heavy atom. The molecule has 3 unspecified atom stereocenters. The summed E-state index contributed by atoms with van der Waals surface area (Å²) in [6.07, 6.45) is 3.34. The first-order valence-corrected chi connectivity index (χ1v) is 3.52. The number of hydrogen-bond acceptors (Lipinski definition) is 0. The highest BCUT2D eigenvalue weighted by molar-refractivity contribution is 5.39. The molecule has 0 bridgehead atoms. The molecule has 0 aromatic carbocycles. The molecule has 2 aliphatic rings. The standard InChI is InChI=1S/C9H12/c1-4-7-8-5-6(2)9(7,8)3/h4,7-8H,1-2,5H2,3H3. The van der Waals surface area contributed by atoms with Crippen molar-refractivity contribution < 1.29 is 0 Å². The van der Waals surface area contributed by atoms with Crippen LogP contribution in [0.5, 0.6) is 0 Å². The Morgan fingerprint density at radius 3 is 2.56 bits per heavy atom. The van der Waals surface area contributed by atoms with E-state index in [1.165, 1.54) is 12.0 Å². The maximum atomic E-state index is 4.01. The average molecular weight is 120 g/mol. The smallest absolute Gasteiger partial charge is 0.00161 e. The predicted molar refractivity (Wildman–Crippen MR) is 39.0 cm³/mol. The van der Waals surface area contributed by atoms with Crippen molar-refractivity contribution in [3.63, 3.8) is 0 Å². The van der Waals surface area contributed by atoms with Crippen LogP contribution in [0.4, 0.5) is 0 Å². The van der Waals surface area contributed by atoms with E-state index in [1.807, 2.05) is 0 Å². The SMILES string of the molecule is C=CC1C2CC(=C)C12C. The van der Waals surface area contributed by atoms with Gasteiger partial charge in [0.2, 0.25) is 0 Å². The van der Waals surface area contributed by atoms with Crippen LogP contribution >= 0.6 is 0 Å². The molecule has 3 atom stereocenters. The van der Waals surface area contributed by atoms with Crippen molar-refractivity contribution in [2.45, 2.75) is 13.3 Å². The molecule has 0 amide bonds. The van der Waals surface area contributed by atoms with E-state index in [4.69, 9.17) is 0 Å². The second-order valence-electron chi connectivity index (χ2n) is 3.46.